The predicted octanol–water partition coefficient (Wildman–Crippen LogP) is 3.03. The first kappa shape index (κ1) is 14.2. The molecule has 0 aliphatic carbocycles. The van der Waals surface area contributed by atoms with E-state index >= 15 is 0 Å². The molecule has 2 rings (SSSR count). The van der Waals surface area contributed by atoms with Gasteiger partial charge in [-0.25, -0.2) is 0 Å². The summed E-state index contributed by atoms with van der Waals surface area (Å²) in [6, 6.07) is 3.75. The van der Waals surface area contributed by atoms with Crippen LogP contribution in [0, 0.1) is 0 Å². The average Bonchev–Trinajstić information content (AvgIpc) is 2.82. The first-order valence-corrected chi connectivity index (χ1v) is 7.34. The van der Waals surface area contributed by atoms with Crippen molar-refractivity contribution in [2.45, 2.75) is 32.6 Å². The molecule has 5 heteroatoms. The fourth-order valence-corrected chi connectivity index (χ4v) is 2.50. The van der Waals surface area contributed by atoms with Gasteiger partial charge in [-0.1, -0.05) is 35.7 Å². The number of rotatable bonds is 6. The van der Waals surface area contributed by atoms with Crippen LogP contribution >= 0.6 is 15.9 Å². The first-order chi connectivity index (χ1) is 9.20. The van der Waals surface area contributed by atoms with E-state index in [4.69, 9.17) is 9.47 Å². The Morgan fingerprint density at radius 1 is 1.37 bits per heavy atom. The molecule has 0 saturated heterocycles. The second-order valence-corrected chi connectivity index (χ2v) is 5.45. The number of fused-ring (bicyclic) bond motifs is 1. The van der Waals surface area contributed by atoms with E-state index in [2.05, 4.69) is 28.2 Å². The van der Waals surface area contributed by atoms with Crippen LogP contribution in [0.3, 0.4) is 0 Å². The standard InChI is InChI=1S/C14H18BrNO3/c1-2-3-4-5-16-13(17)7-10-6-11(15)8-12-14(10)19-9-18-12/h6,8H,2-5,7,9H2,1H3,(H,16,17). The normalized spacial score (nSPS) is 12.5. The third-order valence-corrected chi connectivity index (χ3v) is 3.43. The highest BCUT2D eigenvalue weighted by molar-refractivity contribution is 9.10. The van der Waals surface area contributed by atoms with Crippen LogP contribution in [0.15, 0.2) is 16.6 Å². The Morgan fingerprint density at radius 2 is 2.21 bits per heavy atom. The van der Waals surface area contributed by atoms with Gasteiger partial charge in [0.15, 0.2) is 11.5 Å². The van der Waals surface area contributed by atoms with Gasteiger partial charge in [-0.05, 0) is 18.6 Å². The molecule has 0 radical (unpaired) electrons. The predicted molar refractivity (Wildman–Crippen MR) is 76.5 cm³/mol. The van der Waals surface area contributed by atoms with Gasteiger partial charge < -0.3 is 14.8 Å². The zero-order valence-electron chi connectivity index (χ0n) is 11.0. The summed E-state index contributed by atoms with van der Waals surface area (Å²) >= 11 is 3.41. The lowest BCUT2D eigenvalue weighted by atomic mass is 10.1. The molecule has 1 aromatic carbocycles. The smallest absolute Gasteiger partial charge is 0.231 e. The lowest BCUT2D eigenvalue weighted by Gasteiger charge is -2.08. The Labute approximate surface area is 121 Å². The molecule has 0 fully saturated rings. The van der Waals surface area contributed by atoms with Crippen molar-refractivity contribution in [2.24, 2.45) is 0 Å². The monoisotopic (exact) mass is 327 g/mol. The molecule has 104 valence electrons. The van der Waals surface area contributed by atoms with Crippen molar-refractivity contribution in [3.63, 3.8) is 0 Å². The highest BCUT2D eigenvalue weighted by atomic mass is 79.9. The topological polar surface area (TPSA) is 47.6 Å². The Hall–Kier alpha value is -1.23. The fraction of sp³-hybridized carbons (Fsp3) is 0.500. The van der Waals surface area contributed by atoms with Gasteiger partial charge in [-0.15, -0.1) is 0 Å². The highest BCUT2D eigenvalue weighted by Gasteiger charge is 2.20. The van der Waals surface area contributed by atoms with Gasteiger partial charge in [0.25, 0.3) is 0 Å². The minimum atomic E-state index is 0.0203. The van der Waals surface area contributed by atoms with Crippen molar-refractivity contribution in [1.82, 2.24) is 5.32 Å². The SMILES string of the molecule is CCCCCNC(=O)Cc1cc(Br)cc2c1OCO2. The molecular weight excluding hydrogens is 310 g/mol. The van der Waals surface area contributed by atoms with E-state index in [0.29, 0.717) is 17.9 Å². The first-order valence-electron chi connectivity index (χ1n) is 6.55. The molecule has 0 spiro atoms. The maximum absolute atomic E-state index is 11.9. The van der Waals surface area contributed by atoms with E-state index in [1.807, 2.05) is 12.1 Å². The zero-order valence-corrected chi connectivity index (χ0v) is 12.6. The molecule has 1 aromatic rings. The number of unbranched alkanes of at least 4 members (excludes halogenated alkanes) is 2. The Balaban J connectivity index is 1.94. The number of carbonyl (C=O) groups is 1. The molecule has 1 heterocycles. The molecule has 0 unspecified atom stereocenters. The number of hydrogen-bond donors (Lipinski definition) is 1. The third-order valence-electron chi connectivity index (χ3n) is 2.97. The number of nitrogens with one attached hydrogen (secondary N) is 1. The van der Waals surface area contributed by atoms with E-state index in [-0.39, 0.29) is 12.7 Å². The summed E-state index contributed by atoms with van der Waals surface area (Å²) in [5, 5.41) is 2.93. The van der Waals surface area contributed by atoms with Gasteiger partial charge in [-0.2, -0.15) is 0 Å². The summed E-state index contributed by atoms with van der Waals surface area (Å²) in [6.07, 6.45) is 3.64. The lowest BCUT2D eigenvalue weighted by Crippen LogP contribution is -2.26. The molecule has 0 saturated carbocycles. The second-order valence-electron chi connectivity index (χ2n) is 4.53. The summed E-state index contributed by atoms with van der Waals surface area (Å²) in [5.74, 6) is 1.40. The number of ether oxygens (including phenoxy) is 2. The third kappa shape index (κ3) is 3.86. The van der Waals surface area contributed by atoms with Crippen LogP contribution in [0.25, 0.3) is 0 Å². The molecule has 1 amide bonds. The van der Waals surface area contributed by atoms with E-state index in [1.165, 1.54) is 0 Å². The largest absolute Gasteiger partial charge is 0.454 e. The van der Waals surface area contributed by atoms with Gasteiger partial charge in [0.1, 0.15) is 0 Å². The van der Waals surface area contributed by atoms with Crippen LogP contribution in [0.2, 0.25) is 0 Å². The van der Waals surface area contributed by atoms with Gasteiger partial charge in [0.05, 0.1) is 6.42 Å². The van der Waals surface area contributed by atoms with Gasteiger partial charge >= 0.3 is 0 Å². The van der Waals surface area contributed by atoms with Crippen LogP contribution < -0.4 is 14.8 Å². The van der Waals surface area contributed by atoms with Crippen molar-refractivity contribution >= 4 is 21.8 Å². The highest BCUT2D eigenvalue weighted by Crippen LogP contribution is 2.38. The molecule has 1 N–H and O–H groups in total. The molecule has 1 aliphatic heterocycles. The van der Waals surface area contributed by atoms with Crippen LogP contribution in [-0.2, 0) is 11.2 Å². The van der Waals surface area contributed by atoms with E-state index in [0.717, 1.165) is 35.8 Å². The number of carbonyl (C=O) groups excluding carboxylic acids is 1. The summed E-state index contributed by atoms with van der Waals surface area (Å²) < 4.78 is 11.6. The van der Waals surface area contributed by atoms with Crippen molar-refractivity contribution in [2.75, 3.05) is 13.3 Å². The van der Waals surface area contributed by atoms with Crippen LogP contribution in [-0.4, -0.2) is 19.2 Å². The van der Waals surface area contributed by atoms with Gasteiger partial charge in [0.2, 0.25) is 12.7 Å². The average molecular weight is 328 g/mol. The van der Waals surface area contributed by atoms with E-state index < -0.39 is 0 Å². The molecule has 4 nitrogen and oxygen atoms in total. The Kier molecular flexibility index (Phi) is 5.07. The Bertz CT molecular complexity index is 462. The summed E-state index contributed by atoms with van der Waals surface area (Å²) in [6.45, 7) is 3.10. The van der Waals surface area contributed by atoms with Crippen LogP contribution in [0.1, 0.15) is 31.7 Å². The minimum absolute atomic E-state index is 0.0203. The number of halogens is 1. The number of amides is 1. The van der Waals surface area contributed by atoms with Crippen molar-refractivity contribution in [3.05, 3.63) is 22.2 Å². The lowest BCUT2D eigenvalue weighted by molar-refractivity contribution is -0.120. The van der Waals surface area contributed by atoms with E-state index in [1.54, 1.807) is 0 Å². The zero-order chi connectivity index (χ0) is 13.7. The van der Waals surface area contributed by atoms with Crippen LogP contribution in [0.5, 0.6) is 11.5 Å². The molecule has 0 aromatic heterocycles. The maximum atomic E-state index is 11.9. The van der Waals surface area contributed by atoms with Crippen LogP contribution in [0.4, 0.5) is 0 Å². The molecule has 0 bridgehead atoms. The van der Waals surface area contributed by atoms with Gasteiger partial charge in [-0.3, -0.25) is 4.79 Å². The van der Waals surface area contributed by atoms with E-state index in [9.17, 15) is 4.79 Å². The van der Waals surface area contributed by atoms with Crippen molar-refractivity contribution in [1.29, 1.82) is 0 Å². The molecular formula is C14H18BrNO3. The number of benzene rings is 1. The fourth-order valence-electron chi connectivity index (χ4n) is 2.02. The number of hydrogen-bond acceptors (Lipinski definition) is 3. The minimum Gasteiger partial charge on any atom is -0.454 e. The van der Waals surface area contributed by atoms with Crippen molar-refractivity contribution in [3.8, 4) is 11.5 Å². The van der Waals surface area contributed by atoms with Gasteiger partial charge in [0, 0.05) is 16.6 Å². The molecule has 19 heavy (non-hydrogen) atoms. The Morgan fingerprint density at radius 3 is 3.00 bits per heavy atom. The molecule has 0 atom stereocenters. The van der Waals surface area contributed by atoms with Crippen molar-refractivity contribution < 1.29 is 14.3 Å². The second kappa shape index (κ2) is 6.80. The molecule has 1 aliphatic rings. The summed E-state index contributed by atoms with van der Waals surface area (Å²) in [5.41, 5.74) is 0.856. The maximum Gasteiger partial charge on any atom is 0.231 e. The quantitative estimate of drug-likeness (QED) is 0.817. The summed E-state index contributed by atoms with van der Waals surface area (Å²) in [4.78, 5) is 11.9. The summed E-state index contributed by atoms with van der Waals surface area (Å²) in [7, 11) is 0.